The van der Waals surface area contributed by atoms with Crippen molar-refractivity contribution in [2.24, 2.45) is 0 Å². The molecule has 0 spiro atoms. The second-order valence-electron chi connectivity index (χ2n) is 8.84. The Morgan fingerprint density at radius 3 is 1.89 bits per heavy atom. The topological polar surface area (TPSA) is 162 Å². The van der Waals surface area contributed by atoms with E-state index >= 15 is 0 Å². The summed E-state index contributed by atoms with van der Waals surface area (Å²) in [7, 11) is 1.59. The number of ether oxygens (including phenoxy) is 4. The van der Waals surface area contributed by atoms with Gasteiger partial charge in [0.2, 0.25) is 17.7 Å². The van der Waals surface area contributed by atoms with Gasteiger partial charge in [-0.1, -0.05) is 45.4 Å². The minimum absolute atomic E-state index is 0.0139. The van der Waals surface area contributed by atoms with Crippen molar-refractivity contribution in [3.8, 4) is 0 Å². The lowest BCUT2D eigenvalue weighted by Crippen LogP contribution is -2.41. The van der Waals surface area contributed by atoms with Crippen molar-refractivity contribution in [2.75, 3.05) is 66.4 Å². The van der Waals surface area contributed by atoms with Crippen molar-refractivity contribution in [1.82, 2.24) is 16.0 Å². The molecule has 0 saturated carbocycles. The van der Waals surface area contributed by atoms with Gasteiger partial charge in [-0.2, -0.15) is 0 Å². The summed E-state index contributed by atoms with van der Waals surface area (Å²) in [5.41, 5.74) is 0. The highest BCUT2D eigenvalue weighted by Gasteiger charge is 2.20. The fourth-order valence-corrected chi connectivity index (χ4v) is 3.34. The van der Waals surface area contributed by atoms with Crippen LogP contribution in [0.5, 0.6) is 0 Å². The summed E-state index contributed by atoms with van der Waals surface area (Å²) in [6.07, 6.45) is 7.83. The Balaban J connectivity index is 3.73. The van der Waals surface area contributed by atoms with Crippen LogP contribution in [0.1, 0.15) is 71.1 Å². The molecule has 3 amide bonds. The lowest BCUT2D eigenvalue weighted by atomic mass is 10.1. The fourth-order valence-electron chi connectivity index (χ4n) is 3.34. The normalized spacial score (nSPS) is 11.6. The first kappa shape index (κ1) is 35.7. The SMILES string of the molecule is CCCCCCCCCC(=O)N[C@@H](CCC(=O)NCCOCCOCC(=O)NCCOCCOC)C(=O)O. The Morgan fingerprint density at radius 2 is 1.26 bits per heavy atom. The highest BCUT2D eigenvalue weighted by atomic mass is 16.5. The van der Waals surface area contributed by atoms with E-state index in [0.717, 1.165) is 25.7 Å². The average Bonchev–Trinajstić information content (AvgIpc) is 2.89. The first-order valence-electron chi connectivity index (χ1n) is 13.7. The van der Waals surface area contributed by atoms with Crippen LogP contribution < -0.4 is 16.0 Å². The third kappa shape index (κ3) is 24.1. The molecule has 0 aliphatic rings. The number of hydrogen-bond acceptors (Lipinski definition) is 8. The maximum absolute atomic E-state index is 12.1. The van der Waals surface area contributed by atoms with E-state index < -0.39 is 12.0 Å². The lowest BCUT2D eigenvalue weighted by molar-refractivity contribution is -0.142. The Labute approximate surface area is 226 Å². The number of hydrogen-bond donors (Lipinski definition) is 4. The monoisotopic (exact) mass is 547 g/mol. The largest absolute Gasteiger partial charge is 0.480 e. The molecule has 0 radical (unpaired) electrons. The van der Waals surface area contributed by atoms with E-state index in [4.69, 9.17) is 18.9 Å². The van der Waals surface area contributed by atoms with Gasteiger partial charge in [0.1, 0.15) is 12.6 Å². The van der Waals surface area contributed by atoms with Gasteiger partial charge in [-0.15, -0.1) is 0 Å². The summed E-state index contributed by atoms with van der Waals surface area (Å²) < 4.78 is 20.6. The van der Waals surface area contributed by atoms with Gasteiger partial charge in [0.25, 0.3) is 0 Å². The molecule has 0 heterocycles. The average molecular weight is 548 g/mol. The predicted molar refractivity (Wildman–Crippen MR) is 142 cm³/mol. The van der Waals surface area contributed by atoms with Crippen molar-refractivity contribution >= 4 is 23.7 Å². The summed E-state index contributed by atoms with van der Waals surface area (Å²) >= 11 is 0. The molecule has 12 heteroatoms. The molecule has 1 atom stereocenters. The van der Waals surface area contributed by atoms with Crippen LogP contribution in [0.3, 0.4) is 0 Å². The lowest BCUT2D eigenvalue weighted by Gasteiger charge is -2.14. The van der Waals surface area contributed by atoms with E-state index in [1.165, 1.54) is 19.3 Å². The molecule has 0 bridgehead atoms. The number of amides is 3. The van der Waals surface area contributed by atoms with Gasteiger partial charge in [0.15, 0.2) is 0 Å². The molecule has 0 aromatic carbocycles. The summed E-state index contributed by atoms with van der Waals surface area (Å²) in [6.45, 7) is 4.83. The molecule has 4 N–H and O–H groups in total. The summed E-state index contributed by atoms with van der Waals surface area (Å²) in [6, 6.07) is -1.09. The maximum Gasteiger partial charge on any atom is 0.326 e. The Hall–Kier alpha value is -2.28. The van der Waals surface area contributed by atoms with Crippen LogP contribution in [0, 0.1) is 0 Å². The number of methoxy groups -OCH3 is 1. The van der Waals surface area contributed by atoms with Gasteiger partial charge < -0.3 is 40.0 Å². The second-order valence-corrected chi connectivity index (χ2v) is 8.84. The molecule has 0 aliphatic carbocycles. The molecule has 0 aromatic rings. The molecular formula is C26H49N3O9. The number of carboxylic acid groups (broad SMARTS) is 1. The van der Waals surface area contributed by atoms with Gasteiger partial charge in [-0.3, -0.25) is 14.4 Å². The number of carbonyl (C=O) groups is 4. The van der Waals surface area contributed by atoms with Gasteiger partial charge in [0, 0.05) is 33.0 Å². The highest BCUT2D eigenvalue weighted by molar-refractivity contribution is 5.84. The van der Waals surface area contributed by atoms with E-state index in [1.807, 2.05) is 0 Å². The van der Waals surface area contributed by atoms with Crippen LogP contribution in [-0.2, 0) is 38.1 Å². The van der Waals surface area contributed by atoms with E-state index in [9.17, 15) is 24.3 Å². The van der Waals surface area contributed by atoms with Crippen LogP contribution in [0.25, 0.3) is 0 Å². The fraction of sp³-hybridized carbons (Fsp3) is 0.846. The second kappa shape index (κ2) is 26.3. The summed E-state index contributed by atoms with van der Waals surface area (Å²) in [4.78, 5) is 47.1. The van der Waals surface area contributed by atoms with E-state index in [2.05, 4.69) is 22.9 Å². The zero-order valence-corrected chi connectivity index (χ0v) is 23.2. The summed E-state index contributed by atoms with van der Waals surface area (Å²) in [5, 5.41) is 17.2. The maximum atomic E-state index is 12.1. The zero-order valence-electron chi connectivity index (χ0n) is 23.2. The van der Waals surface area contributed by atoms with Crippen molar-refractivity contribution in [2.45, 2.75) is 77.2 Å². The van der Waals surface area contributed by atoms with Gasteiger partial charge in [0.05, 0.1) is 39.6 Å². The van der Waals surface area contributed by atoms with E-state index in [1.54, 1.807) is 7.11 Å². The van der Waals surface area contributed by atoms with Crippen LogP contribution in [-0.4, -0.2) is 101 Å². The quantitative estimate of drug-likeness (QED) is 0.111. The number of nitrogens with one attached hydrogen (secondary N) is 3. The standard InChI is InChI=1S/C26H49N3O9/c1-3-4-5-6-7-8-9-10-24(31)29-22(26(33)34)11-12-23(30)27-13-15-37-19-20-38-21-25(32)28-14-16-36-18-17-35-2/h22H,3-21H2,1-2H3,(H,27,30)(H,28,32)(H,29,31)(H,33,34)/t22-/m0/s1. The number of rotatable bonds is 27. The first-order chi connectivity index (χ1) is 18.4. The third-order valence-corrected chi connectivity index (χ3v) is 5.47. The van der Waals surface area contributed by atoms with Crippen LogP contribution in [0.15, 0.2) is 0 Å². The molecule has 0 saturated heterocycles. The molecule has 38 heavy (non-hydrogen) atoms. The molecular weight excluding hydrogens is 498 g/mol. The molecule has 0 aliphatic heterocycles. The number of carbonyl (C=O) groups excluding carboxylic acids is 3. The number of aliphatic carboxylic acids is 1. The zero-order chi connectivity index (χ0) is 28.3. The van der Waals surface area contributed by atoms with Gasteiger partial charge in [-0.25, -0.2) is 4.79 Å². The third-order valence-electron chi connectivity index (χ3n) is 5.47. The Kier molecular flexibility index (Phi) is 24.8. The first-order valence-corrected chi connectivity index (χ1v) is 13.7. The molecule has 12 nitrogen and oxygen atoms in total. The van der Waals surface area contributed by atoms with E-state index in [0.29, 0.717) is 32.8 Å². The minimum atomic E-state index is -1.15. The summed E-state index contributed by atoms with van der Waals surface area (Å²) in [5.74, 6) is -2.02. The molecule has 222 valence electrons. The molecule has 0 unspecified atom stereocenters. The molecule has 0 aromatic heterocycles. The van der Waals surface area contributed by atoms with Crippen molar-refractivity contribution < 1.29 is 43.2 Å². The minimum Gasteiger partial charge on any atom is -0.480 e. The van der Waals surface area contributed by atoms with Crippen molar-refractivity contribution in [3.63, 3.8) is 0 Å². The van der Waals surface area contributed by atoms with Crippen LogP contribution >= 0.6 is 0 Å². The highest BCUT2D eigenvalue weighted by Crippen LogP contribution is 2.08. The van der Waals surface area contributed by atoms with Gasteiger partial charge in [-0.05, 0) is 12.8 Å². The smallest absolute Gasteiger partial charge is 0.326 e. The molecule has 0 fully saturated rings. The van der Waals surface area contributed by atoms with Crippen LogP contribution in [0.2, 0.25) is 0 Å². The van der Waals surface area contributed by atoms with E-state index in [-0.39, 0.29) is 63.5 Å². The Bertz CT molecular complexity index is 635. The Morgan fingerprint density at radius 1 is 0.684 bits per heavy atom. The number of unbranched alkanes of at least 4 members (excludes halogenated alkanes) is 6. The predicted octanol–water partition coefficient (Wildman–Crippen LogP) is 1.41. The molecule has 0 rings (SSSR count). The number of carboxylic acids is 1. The van der Waals surface area contributed by atoms with Gasteiger partial charge >= 0.3 is 5.97 Å². The van der Waals surface area contributed by atoms with Crippen molar-refractivity contribution in [3.05, 3.63) is 0 Å². The van der Waals surface area contributed by atoms with Crippen LogP contribution in [0.4, 0.5) is 0 Å². The van der Waals surface area contributed by atoms with Crippen molar-refractivity contribution in [1.29, 1.82) is 0 Å².